The van der Waals surface area contributed by atoms with Crippen LogP contribution in [0.1, 0.15) is 36.1 Å². The molecular formula is C21H28ClNO2. The first-order valence-corrected chi connectivity index (χ1v) is 8.48. The molecule has 0 unspecified atom stereocenters. The third kappa shape index (κ3) is 3.94. The van der Waals surface area contributed by atoms with Crippen LogP contribution in [-0.4, -0.2) is 24.7 Å². The first-order chi connectivity index (χ1) is 11.4. The van der Waals surface area contributed by atoms with Gasteiger partial charge in [-0.15, -0.1) is 12.4 Å². The molecule has 25 heavy (non-hydrogen) atoms. The SMILES string of the molecule is COc1cc2c(cc1OC)CC(C)(C)N(Cc1ccccc1C)C2.Cl. The minimum absolute atomic E-state index is 0. The Bertz CT molecular complexity index is 743. The van der Waals surface area contributed by atoms with E-state index in [1.807, 2.05) is 0 Å². The van der Waals surface area contributed by atoms with Gasteiger partial charge in [0.25, 0.3) is 0 Å². The first kappa shape index (κ1) is 19.6. The molecule has 0 aliphatic carbocycles. The molecule has 1 heterocycles. The fourth-order valence-corrected chi connectivity index (χ4v) is 3.54. The summed E-state index contributed by atoms with van der Waals surface area (Å²) in [6, 6.07) is 12.9. The van der Waals surface area contributed by atoms with E-state index in [0.717, 1.165) is 31.0 Å². The van der Waals surface area contributed by atoms with Gasteiger partial charge in [-0.25, -0.2) is 0 Å². The normalized spacial score (nSPS) is 15.9. The van der Waals surface area contributed by atoms with Gasteiger partial charge in [-0.1, -0.05) is 24.3 Å². The Morgan fingerprint density at radius 2 is 1.60 bits per heavy atom. The smallest absolute Gasteiger partial charge is 0.161 e. The number of methoxy groups -OCH3 is 2. The van der Waals surface area contributed by atoms with E-state index in [1.165, 1.54) is 22.3 Å². The minimum atomic E-state index is 0. The number of benzene rings is 2. The van der Waals surface area contributed by atoms with E-state index >= 15 is 0 Å². The second-order valence-electron chi connectivity index (χ2n) is 7.25. The average molecular weight is 362 g/mol. The molecule has 2 aromatic rings. The molecule has 0 spiro atoms. The van der Waals surface area contributed by atoms with Gasteiger partial charge in [0.1, 0.15) is 0 Å². The highest BCUT2D eigenvalue weighted by molar-refractivity contribution is 5.85. The molecule has 0 saturated heterocycles. The molecule has 0 atom stereocenters. The van der Waals surface area contributed by atoms with Crippen LogP contribution in [0.5, 0.6) is 11.5 Å². The van der Waals surface area contributed by atoms with E-state index in [9.17, 15) is 0 Å². The number of halogens is 1. The van der Waals surface area contributed by atoms with E-state index in [4.69, 9.17) is 9.47 Å². The zero-order chi connectivity index (χ0) is 17.3. The molecule has 4 heteroatoms. The first-order valence-electron chi connectivity index (χ1n) is 8.48. The highest BCUT2D eigenvalue weighted by Gasteiger charge is 2.33. The largest absolute Gasteiger partial charge is 0.493 e. The molecule has 2 aromatic carbocycles. The summed E-state index contributed by atoms with van der Waals surface area (Å²) >= 11 is 0. The van der Waals surface area contributed by atoms with Crippen LogP contribution in [0.4, 0.5) is 0 Å². The molecule has 0 fully saturated rings. The lowest BCUT2D eigenvalue weighted by Crippen LogP contribution is -2.47. The van der Waals surface area contributed by atoms with Gasteiger partial charge in [0.05, 0.1) is 14.2 Å². The number of aryl methyl sites for hydroxylation is 1. The van der Waals surface area contributed by atoms with Crippen molar-refractivity contribution in [2.24, 2.45) is 0 Å². The quantitative estimate of drug-likeness (QED) is 0.782. The van der Waals surface area contributed by atoms with Crippen molar-refractivity contribution >= 4 is 12.4 Å². The van der Waals surface area contributed by atoms with E-state index in [-0.39, 0.29) is 17.9 Å². The maximum absolute atomic E-state index is 5.48. The van der Waals surface area contributed by atoms with Gasteiger partial charge in [-0.3, -0.25) is 4.90 Å². The lowest BCUT2D eigenvalue weighted by atomic mass is 9.84. The summed E-state index contributed by atoms with van der Waals surface area (Å²) in [6.45, 7) is 8.73. The maximum atomic E-state index is 5.48. The van der Waals surface area contributed by atoms with Gasteiger partial charge >= 0.3 is 0 Å². The topological polar surface area (TPSA) is 21.7 Å². The fraction of sp³-hybridized carbons (Fsp3) is 0.429. The zero-order valence-corrected chi connectivity index (χ0v) is 16.6. The van der Waals surface area contributed by atoms with Crippen LogP contribution in [-0.2, 0) is 19.5 Å². The molecular weight excluding hydrogens is 334 g/mol. The number of nitrogens with zero attached hydrogens (tertiary/aromatic N) is 1. The molecule has 0 N–H and O–H groups in total. The summed E-state index contributed by atoms with van der Waals surface area (Å²) in [7, 11) is 3.39. The van der Waals surface area contributed by atoms with Crippen molar-refractivity contribution in [3.8, 4) is 11.5 Å². The van der Waals surface area contributed by atoms with Crippen molar-refractivity contribution in [3.05, 3.63) is 58.7 Å². The van der Waals surface area contributed by atoms with Crippen molar-refractivity contribution in [1.82, 2.24) is 4.90 Å². The Balaban J connectivity index is 0.00000225. The summed E-state index contributed by atoms with van der Waals surface area (Å²) < 4.78 is 11.0. The molecule has 0 bridgehead atoms. The predicted octanol–water partition coefficient (Wildman–Crippen LogP) is 4.77. The van der Waals surface area contributed by atoms with Crippen molar-refractivity contribution in [3.63, 3.8) is 0 Å². The van der Waals surface area contributed by atoms with E-state index in [2.05, 4.69) is 62.1 Å². The molecule has 3 rings (SSSR count). The lowest BCUT2D eigenvalue weighted by Gasteiger charge is -2.44. The van der Waals surface area contributed by atoms with Crippen molar-refractivity contribution in [1.29, 1.82) is 0 Å². The Labute approximate surface area is 157 Å². The number of hydrogen-bond donors (Lipinski definition) is 0. The Kier molecular flexibility index (Phi) is 6.02. The number of ether oxygens (including phenoxy) is 2. The minimum Gasteiger partial charge on any atom is -0.493 e. The molecule has 136 valence electrons. The number of fused-ring (bicyclic) bond motifs is 1. The van der Waals surface area contributed by atoms with Crippen molar-refractivity contribution in [2.45, 2.75) is 45.8 Å². The monoisotopic (exact) mass is 361 g/mol. The Morgan fingerprint density at radius 3 is 2.20 bits per heavy atom. The van der Waals surface area contributed by atoms with Crippen molar-refractivity contribution in [2.75, 3.05) is 14.2 Å². The third-order valence-electron chi connectivity index (χ3n) is 5.17. The second kappa shape index (κ2) is 7.67. The van der Waals surface area contributed by atoms with Crippen LogP contribution in [0.15, 0.2) is 36.4 Å². The van der Waals surface area contributed by atoms with E-state index in [0.29, 0.717) is 0 Å². The van der Waals surface area contributed by atoms with E-state index in [1.54, 1.807) is 14.2 Å². The summed E-state index contributed by atoms with van der Waals surface area (Å²) in [5.41, 5.74) is 5.55. The van der Waals surface area contributed by atoms with Crippen LogP contribution in [0.25, 0.3) is 0 Å². The summed E-state index contributed by atoms with van der Waals surface area (Å²) in [5.74, 6) is 1.63. The van der Waals surface area contributed by atoms with Gasteiger partial charge < -0.3 is 9.47 Å². The van der Waals surface area contributed by atoms with Gasteiger partial charge in [0.2, 0.25) is 0 Å². The summed E-state index contributed by atoms with van der Waals surface area (Å²) in [5, 5.41) is 0. The molecule has 1 aliphatic rings. The molecule has 0 aromatic heterocycles. The summed E-state index contributed by atoms with van der Waals surface area (Å²) in [6.07, 6.45) is 1.01. The second-order valence-corrected chi connectivity index (χ2v) is 7.25. The van der Waals surface area contributed by atoms with Crippen LogP contribution >= 0.6 is 12.4 Å². The predicted molar refractivity (Wildman–Crippen MR) is 105 cm³/mol. The van der Waals surface area contributed by atoms with Crippen LogP contribution < -0.4 is 9.47 Å². The lowest BCUT2D eigenvalue weighted by molar-refractivity contribution is 0.0885. The molecule has 0 amide bonds. The third-order valence-corrected chi connectivity index (χ3v) is 5.17. The Morgan fingerprint density at radius 1 is 1.00 bits per heavy atom. The van der Waals surface area contributed by atoms with Gasteiger partial charge in [-0.2, -0.15) is 0 Å². The zero-order valence-electron chi connectivity index (χ0n) is 15.8. The van der Waals surface area contributed by atoms with Gasteiger partial charge in [-0.05, 0) is 61.6 Å². The molecule has 0 saturated carbocycles. The highest BCUT2D eigenvalue weighted by Crippen LogP contribution is 2.38. The molecule has 1 aliphatic heterocycles. The van der Waals surface area contributed by atoms with Gasteiger partial charge in [0.15, 0.2) is 11.5 Å². The maximum Gasteiger partial charge on any atom is 0.161 e. The summed E-state index contributed by atoms with van der Waals surface area (Å²) in [4.78, 5) is 2.56. The van der Waals surface area contributed by atoms with Crippen molar-refractivity contribution < 1.29 is 9.47 Å². The van der Waals surface area contributed by atoms with Crippen LogP contribution in [0.3, 0.4) is 0 Å². The van der Waals surface area contributed by atoms with Crippen LogP contribution in [0, 0.1) is 6.92 Å². The standard InChI is InChI=1S/C21H27NO2.ClH/c1-15-8-6-7-9-16(15)13-22-14-18-11-20(24-5)19(23-4)10-17(18)12-21(22,2)3;/h6-11H,12-14H2,1-5H3;1H. The fourth-order valence-electron chi connectivity index (χ4n) is 3.54. The Hall–Kier alpha value is -1.71. The van der Waals surface area contributed by atoms with E-state index < -0.39 is 0 Å². The molecule has 0 radical (unpaired) electrons. The number of hydrogen-bond acceptors (Lipinski definition) is 3. The average Bonchev–Trinajstić information content (AvgIpc) is 2.56. The molecule has 3 nitrogen and oxygen atoms in total. The van der Waals surface area contributed by atoms with Crippen LogP contribution in [0.2, 0.25) is 0 Å². The number of rotatable bonds is 4. The highest BCUT2D eigenvalue weighted by atomic mass is 35.5. The van der Waals surface area contributed by atoms with Gasteiger partial charge in [0, 0.05) is 18.6 Å².